The summed E-state index contributed by atoms with van der Waals surface area (Å²) < 4.78 is 28.5. The van der Waals surface area contributed by atoms with Crippen molar-refractivity contribution in [2.75, 3.05) is 13.2 Å². The molecule has 1 aliphatic heterocycles. The Morgan fingerprint density at radius 1 is 0.420 bits per heavy atom. The summed E-state index contributed by atoms with van der Waals surface area (Å²) in [5.41, 5.74) is 0. The second-order valence-electron chi connectivity index (χ2n) is 22.7. The Labute approximate surface area is 494 Å². The van der Waals surface area contributed by atoms with E-state index in [9.17, 15) is 34.5 Å². The highest BCUT2D eigenvalue weighted by atomic mass is 16.7. The average molecular weight is 1140 g/mol. The van der Waals surface area contributed by atoms with Crippen molar-refractivity contribution >= 4 is 23.9 Å². The number of hydrogen-bond acceptors (Lipinski definition) is 11. The SMILES string of the molecule is CC/C=C\C/C=C\C/C=C\C/C=C\CCCCCCC(=O)OC1C(OCC(COC(=O)CCCCCCCCCCC/C=C\CCCCCCCC)OC(=O)CCCCCCCCCCCCCCCCC)OC(C(=O)O)C(O)C1O. The number of aliphatic hydroxyl groups is 2. The molecule has 0 bridgehead atoms. The molecule has 0 aromatic carbocycles. The Morgan fingerprint density at radius 2 is 0.778 bits per heavy atom. The van der Waals surface area contributed by atoms with Crippen molar-refractivity contribution in [1.82, 2.24) is 0 Å². The summed E-state index contributed by atoms with van der Waals surface area (Å²) in [6.07, 6.45) is 58.9. The minimum Gasteiger partial charge on any atom is -0.479 e. The Hall–Kier alpha value is -3.58. The third-order valence-corrected chi connectivity index (χ3v) is 15.1. The summed E-state index contributed by atoms with van der Waals surface area (Å²) in [5.74, 6) is -3.13. The number of ether oxygens (including phenoxy) is 5. The van der Waals surface area contributed by atoms with Gasteiger partial charge in [-0.05, 0) is 83.5 Å². The maximum Gasteiger partial charge on any atom is 0.335 e. The molecular weight excluding hydrogens is 1020 g/mol. The van der Waals surface area contributed by atoms with Crippen molar-refractivity contribution in [2.45, 2.75) is 340 Å². The molecule has 3 N–H and O–H groups in total. The molecule has 0 saturated carbocycles. The summed E-state index contributed by atoms with van der Waals surface area (Å²) in [6, 6.07) is 0. The highest BCUT2D eigenvalue weighted by Crippen LogP contribution is 2.27. The first kappa shape index (κ1) is 75.4. The zero-order valence-electron chi connectivity index (χ0n) is 51.8. The molecule has 0 aliphatic carbocycles. The van der Waals surface area contributed by atoms with Crippen LogP contribution < -0.4 is 0 Å². The van der Waals surface area contributed by atoms with Crippen molar-refractivity contribution in [3.8, 4) is 0 Å². The van der Waals surface area contributed by atoms with Gasteiger partial charge in [0.2, 0.25) is 0 Å². The molecule has 81 heavy (non-hydrogen) atoms. The smallest absolute Gasteiger partial charge is 0.335 e. The summed E-state index contributed by atoms with van der Waals surface area (Å²) in [4.78, 5) is 51.4. The molecule has 1 saturated heterocycles. The van der Waals surface area contributed by atoms with Gasteiger partial charge < -0.3 is 39.0 Å². The number of carbonyl (C=O) groups is 4. The molecule has 0 spiro atoms. The molecule has 1 aliphatic rings. The second-order valence-corrected chi connectivity index (χ2v) is 22.7. The van der Waals surface area contributed by atoms with Gasteiger partial charge in [0.1, 0.15) is 18.8 Å². The lowest BCUT2D eigenvalue weighted by Gasteiger charge is -2.40. The normalized spacial score (nSPS) is 18.1. The summed E-state index contributed by atoms with van der Waals surface area (Å²) in [6.45, 7) is 5.91. The van der Waals surface area contributed by atoms with Gasteiger partial charge in [-0.15, -0.1) is 0 Å². The third-order valence-electron chi connectivity index (χ3n) is 15.1. The fraction of sp³-hybridized carbons (Fsp3) is 0.797. The zero-order chi connectivity index (χ0) is 58.9. The van der Waals surface area contributed by atoms with Gasteiger partial charge in [-0.1, -0.05) is 261 Å². The number of aliphatic hydroxyl groups excluding tert-OH is 2. The summed E-state index contributed by atoms with van der Waals surface area (Å²) in [7, 11) is 0. The third kappa shape index (κ3) is 46.5. The van der Waals surface area contributed by atoms with E-state index in [1.807, 2.05) is 0 Å². The number of allylic oxidation sites excluding steroid dienone is 10. The van der Waals surface area contributed by atoms with Crippen LogP contribution in [0.25, 0.3) is 0 Å². The van der Waals surface area contributed by atoms with Crippen molar-refractivity contribution < 1.29 is 58.2 Å². The summed E-state index contributed by atoms with van der Waals surface area (Å²) >= 11 is 0. The monoisotopic (exact) mass is 1140 g/mol. The quantitative estimate of drug-likeness (QED) is 0.0228. The van der Waals surface area contributed by atoms with Gasteiger partial charge in [-0.2, -0.15) is 0 Å². The Bertz CT molecular complexity index is 1640. The minimum absolute atomic E-state index is 0.0333. The highest BCUT2D eigenvalue weighted by Gasteiger charge is 2.50. The lowest BCUT2D eigenvalue weighted by molar-refractivity contribution is -0.301. The number of hydrogen-bond donors (Lipinski definition) is 3. The predicted molar refractivity (Wildman–Crippen MR) is 331 cm³/mol. The van der Waals surface area contributed by atoms with Gasteiger partial charge in [0, 0.05) is 19.3 Å². The predicted octanol–water partition coefficient (Wildman–Crippen LogP) is 17.9. The molecule has 1 rings (SSSR count). The second kappa shape index (κ2) is 56.9. The number of carbonyl (C=O) groups excluding carboxylic acids is 3. The maximum absolute atomic E-state index is 13.2. The van der Waals surface area contributed by atoms with E-state index >= 15 is 0 Å². The maximum atomic E-state index is 13.2. The molecule has 6 unspecified atom stereocenters. The lowest BCUT2D eigenvalue weighted by Crippen LogP contribution is -2.61. The van der Waals surface area contributed by atoms with Gasteiger partial charge in [-0.25, -0.2) is 4.79 Å². The number of unbranched alkanes of at least 4 members (excludes halogenated alkanes) is 33. The molecule has 6 atom stereocenters. The molecule has 12 nitrogen and oxygen atoms in total. The number of carboxylic acids is 1. The molecule has 1 heterocycles. The fourth-order valence-electron chi connectivity index (χ4n) is 10.0. The van der Waals surface area contributed by atoms with Crippen LogP contribution in [0.2, 0.25) is 0 Å². The van der Waals surface area contributed by atoms with E-state index in [0.717, 1.165) is 89.9 Å². The van der Waals surface area contributed by atoms with Gasteiger partial charge in [0.05, 0.1) is 6.61 Å². The molecule has 0 aromatic rings. The van der Waals surface area contributed by atoms with Crippen LogP contribution >= 0.6 is 0 Å². The Kier molecular flexibility index (Phi) is 53.0. The van der Waals surface area contributed by atoms with Crippen molar-refractivity contribution in [3.05, 3.63) is 60.8 Å². The van der Waals surface area contributed by atoms with Gasteiger partial charge in [0.15, 0.2) is 24.6 Å². The van der Waals surface area contributed by atoms with E-state index in [-0.39, 0.29) is 25.9 Å². The standard InChI is InChI=1S/C69H120O12/c1-4-7-10-13-16-19-22-25-28-30-31-33-35-37-40-43-46-49-52-55-61(70)77-58-60(79-62(71)56-53-50-47-44-41-38-34-27-24-21-18-15-12-9-6-3)59-78-69-67(65(74)64(73)66(81-69)68(75)76)80-63(72)57-54-51-48-45-42-39-36-32-29-26-23-20-17-14-11-8-5-2/h8,11,17,20,25-26,28-29,36,39,60,64-67,69,73-74H,4-7,9-10,12-16,18-19,21-24,27,30-35,37-38,40-59H2,1-3H3,(H,75,76)/b11-8-,20-17-,28-25-,29-26-,39-36-. The average Bonchev–Trinajstić information content (AvgIpc) is 3.53. The van der Waals surface area contributed by atoms with Crippen LogP contribution in [0.4, 0.5) is 0 Å². The zero-order valence-corrected chi connectivity index (χ0v) is 51.8. The van der Waals surface area contributed by atoms with Crippen LogP contribution in [0.15, 0.2) is 60.8 Å². The van der Waals surface area contributed by atoms with Crippen LogP contribution in [0.5, 0.6) is 0 Å². The molecular formula is C69H120O12. The fourth-order valence-corrected chi connectivity index (χ4v) is 10.0. The first-order valence-electron chi connectivity index (χ1n) is 33.3. The first-order chi connectivity index (χ1) is 39.6. The van der Waals surface area contributed by atoms with E-state index < -0.39 is 67.3 Å². The van der Waals surface area contributed by atoms with Crippen LogP contribution in [-0.4, -0.2) is 89.2 Å². The summed E-state index contributed by atoms with van der Waals surface area (Å²) in [5, 5.41) is 31.6. The molecule has 1 fully saturated rings. The Balaban J connectivity index is 2.65. The lowest BCUT2D eigenvalue weighted by atomic mass is 9.98. The van der Waals surface area contributed by atoms with E-state index in [1.165, 1.54) is 154 Å². The van der Waals surface area contributed by atoms with Crippen LogP contribution in [0, 0.1) is 0 Å². The largest absolute Gasteiger partial charge is 0.479 e. The van der Waals surface area contributed by atoms with Crippen molar-refractivity contribution in [2.24, 2.45) is 0 Å². The van der Waals surface area contributed by atoms with Gasteiger partial charge >= 0.3 is 23.9 Å². The van der Waals surface area contributed by atoms with E-state index in [2.05, 4.69) is 81.5 Å². The number of esters is 3. The van der Waals surface area contributed by atoms with Crippen molar-refractivity contribution in [1.29, 1.82) is 0 Å². The first-order valence-corrected chi connectivity index (χ1v) is 33.3. The highest BCUT2D eigenvalue weighted by molar-refractivity contribution is 5.74. The molecule has 0 amide bonds. The van der Waals surface area contributed by atoms with E-state index in [4.69, 9.17) is 23.7 Å². The van der Waals surface area contributed by atoms with Gasteiger partial charge in [-0.3, -0.25) is 14.4 Å². The van der Waals surface area contributed by atoms with Crippen LogP contribution in [0.1, 0.15) is 303 Å². The number of rotatable bonds is 57. The van der Waals surface area contributed by atoms with Crippen LogP contribution in [0.3, 0.4) is 0 Å². The number of aliphatic carboxylic acids is 1. The molecule has 0 radical (unpaired) electrons. The number of carboxylic acid groups (broad SMARTS) is 1. The molecule has 12 heteroatoms. The topological polar surface area (TPSA) is 175 Å². The van der Waals surface area contributed by atoms with E-state index in [0.29, 0.717) is 19.3 Å². The van der Waals surface area contributed by atoms with Crippen molar-refractivity contribution in [3.63, 3.8) is 0 Å². The van der Waals surface area contributed by atoms with Gasteiger partial charge in [0.25, 0.3) is 0 Å². The molecule has 0 aromatic heterocycles. The Morgan fingerprint density at radius 3 is 1.20 bits per heavy atom. The minimum atomic E-state index is -1.91. The molecule has 468 valence electrons. The van der Waals surface area contributed by atoms with E-state index in [1.54, 1.807) is 0 Å². The van der Waals surface area contributed by atoms with Crippen LogP contribution in [-0.2, 0) is 42.9 Å².